The Morgan fingerprint density at radius 3 is 2.00 bits per heavy atom. The number of aliphatic hydroxyl groups excluding tert-OH is 1. The minimum Gasteiger partial charge on any atom is -0.479 e. The summed E-state index contributed by atoms with van der Waals surface area (Å²) in [5.41, 5.74) is 0. The molecule has 1 unspecified atom stereocenters. The van der Waals surface area contributed by atoms with Gasteiger partial charge in [-0.2, -0.15) is 0 Å². The SMILES string of the molecule is C=C=N.CC(O)C(=O)O. The molecule has 0 rings (SSSR count). The topological polar surface area (TPSA) is 81.4 Å². The highest BCUT2D eigenvalue weighted by Gasteiger charge is 2.01. The van der Waals surface area contributed by atoms with E-state index in [1.807, 2.05) is 0 Å². The van der Waals surface area contributed by atoms with E-state index < -0.39 is 12.1 Å². The smallest absolute Gasteiger partial charge is 0.332 e. The molecule has 0 aliphatic heterocycles. The second-order valence-electron chi connectivity index (χ2n) is 1.19. The van der Waals surface area contributed by atoms with E-state index in [4.69, 9.17) is 15.6 Å². The highest BCUT2D eigenvalue weighted by molar-refractivity contribution is 5.71. The molecule has 52 valence electrons. The van der Waals surface area contributed by atoms with Gasteiger partial charge in [-0.1, -0.05) is 0 Å². The average Bonchev–Trinajstić information content (AvgIpc) is 1.68. The maximum Gasteiger partial charge on any atom is 0.332 e. The summed E-state index contributed by atoms with van der Waals surface area (Å²) in [7, 11) is 0. The first-order valence-electron chi connectivity index (χ1n) is 2.16. The van der Waals surface area contributed by atoms with Crippen LogP contribution in [0.2, 0.25) is 0 Å². The van der Waals surface area contributed by atoms with Crippen LogP contribution in [0.5, 0.6) is 0 Å². The third kappa shape index (κ3) is 19.8. The number of rotatable bonds is 1. The Labute approximate surface area is 53.0 Å². The fraction of sp³-hybridized carbons (Fsp3) is 0.400. The summed E-state index contributed by atoms with van der Waals surface area (Å²) in [6.07, 6.45) is -1.23. The van der Waals surface area contributed by atoms with Crippen LogP contribution in [-0.2, 0) is 4.79 Å². The second-order valence-corrected chi connectivity index (χ2v) is 1.19. The zero-order valence-corrected chi connectivity index (χ0v) is 5.09. The summed E-state index contributed by atoms with van der Waals surface area (Å²) in [6, 6.07) is 0. The van der Waals surface area contributed by atoms with Crippen LogP contribution in [0.15, 0.2) is 6.58 Å². The lowest BCUT2D eigenvalue weighted by Gasteiger charge is -1.89. The number of carboxylic acids is 1. The van der Waals surface area contributed by atoms with Gasteiger partial charge in [-0.05, 0) is 19.4 Å². The molecule has 0 bridgehead atoms. The molecule has 0 aliphatic carbocycles. The quantitative estimate of drug-likeness (QED) is 0.433. The van der Waals surface area contributed by atoms with Crippen LogP contribution in [-0.4, -0.2) is 28.2 Å². The highest BCUT2D eigenvalue weighted by atomic mass is 16.4. The van der Waals surface area contributed by atoms with E-state index in [2.05, 4.69) is 6.58 Å². The van der Waals surface area contributed by atoms with Crippen molar-refractivity contribution in [3.63, 3.8) is 0 Å². The molecule has 9 heavy (non-hydrogen) atoms. The van der Waals surface area contributed by atoms with Gasteiger partial charge in [-0.25, -0.2) is 4.79 Å². The molecule has 1 atom stereocenters. The molecule has 4 nitrogen and oxygen atoms in total. The molecular weight excluding hydrogens is 122 g/mol. The van der Waals surface area contributed by atoms with Gasteiger partial charge in [0.15, 0.2) is 0 Å². The fourth-order valence-electron chi connectivity index (χ4n) is 0. The monoisotopic (exact) mass is 131 g/mol. The Hall–Kier alpha value is -1.12. The van der Waals surface area contributed by atoms with Crippen LogP contribution < -0.4 is 0 Å². The van der Waals surface area contributed by atoms with Crippen molar-refractivity contribution in [1.82, 2.24) is 0 Å². The summed E-state index contributed by atoms with van der Waals surface area (Å²) < 4.78 is 0. The van der Waals surface area contributed by atoms with E-state index in [1.54, 1.807) is 5.87 Å². The molecule has 0 saturated carbocycles. The first kappa shape index (κ1) is 10.8. The average molecular weight is 131 g/mol. The van der Waals surface area contributed by atoms with Gasteiger partial charge < -0.3 is 10.2 Å². The summed E-state index contributed by atoms with van der Waals surface area (Å²) in [5.74, 6) is 0.565. The molecule has 0 aromatic carbocycles. The molecule has 0 heterocycles. The maximum absolute atomic E-state index is 9.45. The van der Waals surface area contributed by atoms with Gasteiger partial charge in [0.1, 0.15) is 6.10 Å². The lowest BCUT2D eigenvalue weighted by atomic mass is 10.4. The third-order valence-corrected chi connectivity index (χ3v) is 0.357. The number of carbonyl (C=O) groups is 1. The van der Waals surface area contributed by atoms with E-state index in [9.17, 15) is 4.79 Å². The zero-order chi connectivity index (χ0) is 7.86. The van der Waals surface area contributed by atoms with Crippen LogP contribution >= 0.6 is 0 Å². The van der Waals surface area contributed by atoms with E-state index >= 15 is 0 Å². The van der Waals surface area contributed by atoms with Crippen molar-refractivity contribution in [2.45, 2.75) is 13.0 Å². The zero-order valence-electron chi connectivity index (χ0n) is 5.09. The predicted octanol–water partition coefficient (Wildman–Crippen LogP) is -0.127. The summed E-state index contributed by atoms with van der Waals surface area (Å²) in [6.45, 7) is 4.10. The largest absolute Gasteiger partial charge is 0.479 e. The molecule has 0 aliphatic rings. The van der Waals surface area contributed by atoms with Gasteiger partial charge in [0, 0.05) is 0 Å². The third-order valence-electron chi connectivity index (χ3n) is 0.357. The Kier molecular flexibility index (Phi) is 8.25. The Morgan fingerprint density at radius 2 is 2.00 bits per heavy atom. The van der Waals surface area contributed by atoms with E-state index in [-0.39, 0.29) is 0 Å². The van der Waals surface area contributed by atoms with Gasteiger partial charge in [0.2, 0.25) is 0 Å². The van der Waals surface area contributed by atoms with Gasteiger partial charge >= 0.3 is 5.97 Å². The normalized spacial score (nSPS) is 10.0. The minimum atomic E-state index is -1.23. The van der Waals surface area contributed by atoms with Crippen LogP contribution in [0.25, 0.3) is 0 Å². The molecule has 0 saturated heterocycles. The molecule has 3 N–H and O–H groups in total. The van der Waals surface area contributed by atoms with Crippen molar-refractivity contribution in [3.8, 4) is 0 Å². The van der Waals surface area contributed by atoms with Crippen molar-refractivity contribution >= 4 is 11.8 Å². The fourth-order valence-corrected chi connectivity index (χ4v) is 0. The van der Waals surface area contributed by atoms with Crippen LogP contribution in [0.4, 0.5) is 0 Å². The molecule has 0 aromatic rings. The second kappa shape index (κ2) is 6.88. The van der Waals surface area contributed by atoms with Crippen molar-refractivity contribution in [2.75, 3.05) is 0 Å². The first-order valence-corrected chi connectivity index (χ1v) is 2.16. The highest BCUT2D eigenvalue weighted by Crippen LogP contribution is 1.73. The van der Waals surface area contributed by atoms with Crippen molar-refractivity contribution < 1.29 is 15.0 Å². The van der Waals surface area contributed by atoms with Crippen LogP contribution in [0.1, 0.15) is 6.92 Å². The number of nitrogens with one attached hydrogen (secondary N) is 1. The number of hydrogen-bond acceptors (Lipinski definition) is 3. The number of aliphatic carboxylic acids is 1. The lowest BCUT2D eigenvalue weighted by Crippen LogP contribution is -2.13. The molecule has 0 fully saturated rings. The summed E-state index contributed by atoms with van der Waals surface area (Å²) in [5, 5.41) is 21.6. The lowest BCUT2D eigenvalue weighted by molar-refractivity contribution is -0.145. The van der Waals surface area contributed by atoms with Crippen molar-refractivity contribution in [2.24, 2.45) is 0 Å². The molecule has 0 spiro atoms. The molecule has 0 aromatic heterocycles. The van der Waals surface area contributed by atoms with E-state index in [1.165, 1.54) is 6.92 Å². The van der Waals surface area contributed by atoms with Gasteiger partial charge in [-0.15, -0.1) is 0 Å². The minimum absolute atomic E-state index is 1.19. The van der Waals surface area contributed by atoms with Crippen LogP contribution in [0, 0.1) is 5.41 Å². The number of carboxylic acid groups (broad SMARTS) is 1. The molecule has 0 radical (unpaired) electrons. The number of hydrogen-bond donors (Lipinski definition) is 3. The molecular formula is C5H9NO3. The Morgan fingerprint density at radius 1 is 1.89 bits per heavy atom. The summed E-state index contributed by atoms with van der Waals surface area (Å²) in [4.78, 5) is 9.45. The van der Waals surface area contributed by atoms with E-state index in [0.717, 1.165) is 0 Å². The Balaban J connectivity index is 0. The standard InChI is InChI=1S/C3H6O3.C2H3N/c1-2(4)3(5)6;1-2-3/h2,4H,1H3,(H,5,6);3H,1H2. The van der Waals surface area contributed by atoms with E-state index in [0.29, 0.717) is 0 Å². The van der Waals surface area contributed by atoms with Crippen molar-refractivity contribution in [3.05, 3.63) is 6.58 Å². The number of aliphatic hydroxyl groups is 1. The predicted molar refractivity (Wildman–Crippen MR) is 32.7 cm³/mol. The molecule has 4 heteroatoms. The van der Waals surface area contributed by atoms with Gasteiger partial charge in [0.05, 0.1) is 0 Å². The summed E-state index contributed by atoms with van der Waals surface area (Å²) >= 11 is 0. The van der Waals surface area contributed by atoms with Gasteiger partial charge in [0.25, 0.3) is 0 Å². The Bertz CT molecular complexity index is 113. The van der Waals surface area contributed by atoms with Crippen LogP contribution in [0.3, 0.4) is 0 Å². The van der Waals surface area contributed by atoms with Gasteiger partial charge in [-0.3, -0.25) is 5.41 Å². The molecule has 0 amide bonds. The maximum atomic E-state index is 9.45. The first-order chi connectivity index (χ1) is 4.06. The van der Waals surface area contributed by atoms with Crippen molar-refractivity contribution in [1.29, 1.82) is 5.41 Å².